The van der Waals surface area contributed by atoms with E-state index in [4.69, 9.17) is 0 Å². The number of aromatic nitrogens is 15. The summed E-state index contributed by atoms with van der Waals surface area (Å²) in [6.45, 7) is 0. The third-order valence-corrected chi connectivity index (χ3v) is 9.99. The number of benzene rings is 7. The monoisotopic (exact) mass is 837 g/mol. The lowest BCUT2D eigenvalue weighted by atomic mass is 10.1. The first-order valence-electron chi connectivity index (χ1n) is 18.9. The van der Waals surface area contributed by atoms with Crippen LogP contribution < -0.4 is 0 Å². The van der Waals surface area contributed by atoms with Gasteiger partial charge < -0.3 is 30.6 Å². The quantitative estimate of drug-likeness (QED) is 0.129. The molecule has 12 aromatic rings. The van der Waals surface area contributed by atoms with Gasteiger partial charge in [0.1, 0.15) is 55.2 Å². The first-order valence-corrected chi connectivity index (χ1v) is 18.9. The molecule has 21 nitrogen and oxygen atoms in total. The van der Waals surface area contributed by atoms with E-state index in [0.717, 1.165) is 30.0 Å². The Morgan fingerprint density at radius 1 is 0.238 bits per heavy atom. The second kappa shape index (κ2) is 14.0. The lowest BCUT2D eigenvalue weighted by Gasteiger charge is -2.16. The summed E-state index contributed by atoms with van der Waals surface area (Å²) in [5, 5.41) is 109. The number of aromatic hydroxyl groups is 6. The van der Waals surface area contributed by atoms with Crippen LogP contribution in [-0.2, 0) is 0 Å². The molecular weight excluding hydrogens is 811 g/mol. The Bertz CT molecular complexity index is 3250. The van der Waals surface area contributed by atoms with Gasteiger partial charge in [0.2, 0.25) is 0 Å². The molecular formula is C42H27N15O6. The second-order valence-electron chi connectivity index (χ2n) is 13.9. The summed E-state index contributed by atoms with van der Waals surface area (Å²) in [7, 11) is 0. The summed E-state index contributed by atoms with van der Waals surface area (Å²) in [5.74, 6) is -2.83. The van der Waals surface area contributed by atoms with Crippen molar-refractivity contribution in [2.75, 3.05) is 0 Å². The molecule has 0 aliphatic rings. The van der Waals surface area contributed by atoms with E-state index in [1.807, 2.05) is 24.3 Å². The number of phenols is 6. The van der Waals surface area contributed by atoms with E-state index < -0.39 is 23.0 Å². The van der Waals surface area contributed by atoms with Crippen molar-refractivity contribution >= 4 is 55.2 Å². The lowest BCUT2D eigenvalue weighted by molar-refractivity contribution is 0.405. The fraction of sp³-hybridized carbons (Fsp3) is 0. The zero-order valence-electron chi connectivity index (χ0n) is 32.0. The summed E-state index contributed by atoms with van der Waals surface area (Å²) in [5.41, 5.74) is 4.85. The Kier molecular flexibility index (Phi) is 8.08. The molecule has 5 heterocycles. The van der Waals surface area contributed by atoms with Gasteiger partial charge >= 0.3 is 0 Å². The van der Waals surface area contributed by atoms with E-state index >= 15 is 0 Å². The largest absolute Gasteiger partial charge is 0.505 e. The lowest BCUT2D eigenvalue weighted by Crippen LogP contribution is -2.10. The third kappa shape index (κ3) is 5.95. The molecule has 6 N–H and O–H groups in total. The highest BCUT2D eigenvalue weighted by atomic mass is 16.3. The third-order valence-electron chi connectivity index (χ3n) is 9.99. The summed E-state index contributed by atoms with van der Waals surface area (Å²) in [4.78, 5) is 5.50. The molecule has 0 unspecified atom stereocenters. The van der Waals surface area contributed by atoms with Crippen molar-refractivity contribution in [2.45, 2.75) is 0 Å². The van der Waals surface area contributed by atoms with Crippen LogP contribution in [0.25, 0.3) is 83.6 Å². The zero-order valence-corrected chi connectivity index (χ0v) is 32.0. The molecule has 63 heavy (non-hydrogen) atoms. The van der Waals surface area contributed by atoms with Crippen molar-refractivity contribution in [1.82, 2.24) is 75.0 Å². The Balaban J connectivity index is 0.000000147. The van der Waals surface area contributed by atoms with Gasteiger partial charge in [0.15, 0.2) is 62.9 Å². The first-order chi connectivity index (χ1) is 30.7. The molecule has 306 valence electrons. The molecule has 0 aliphatic heterocycles. The van der Waals surface area contributed by atoms with Gasteiger partial charge in [0.05, 0.1) is 0 Å². The Morgan fingerprint density at radius 2 is 0.397 bits per heavy atom. The molecule has 0 radical (unpaired) electrons. The maximum atomic E-state index is 11.3. The summed E-state index contributed by atoms with van der Waals surface area (Å²) < 4.78 is 0. The first kappa shape index (κ1) is 36.4. The fourth-order valence-electron chi connectivity index (χ4n) is 7.06. The molecule has 0 saturated heterocycles. The molecule has 0 atom stereocenters. The van der Waals surface area contributed by atoms with Crippen LogP contribution in [0, 0.1) is 0 Å². The molecule has 7 aromatic carbocycles. The van der Waals surface area contributed by atoms with E-state index in [2.05, 4.69) is 51.0 Å². The topological polar surface area (TPSA) is 275 Å². The van der Waals surface area contributed by atoms with E-state index in [-0.39, 0.29) is 39.9 Å². The van der Waals surface area contributed by atoms with Crippen molar-refractivity contribution in [3.05, 3.63) is 127 Å². The minimum absolute atomic E-state index is 0.0830. The van der Waals surface area contributed by atoms with Crippen molar-refractivity contribution < 1.29 is 30.6 Å². The maximum absolute atomic E-state index is 11.3. The molecule has 0 fully saturated rings. The predicted molar refractivity (Wildman–Crippen MR) is 225 cm³/mol. The number of hydrogen-bond acceptors (Lipinski definition) is 16. The molecule has 21 heteroatoms. The van der Waals surface area contributed by atoms with Crippen molar-refractivity contribution in [1.29, 1.82) is 0 Å². The van der Waals surface area contributed by atoms with Gasteiger partial charge in [-0.05, 0) is 60.7 Å². The van der Waals surface area contributed by atoms with Crippen LogP contribution in [0.2, 0.25) is 0 Å². The molecule has 0 spiro atoms. The number of nitrogens with zero attached hydrogens (tertiary/aromatic N) is 15. The average molecular weight is 838 g/mol. The van der Waals surface area contributed by atoms with Crippen LogP contribution in [0.5, 0.6) is 34.5 Å². The number of rotatable bonds is 5. The Morgan fingerprint density at radius 3 is 0.587 bits per heavy atom. The highest BCUT2D eigenvalue weighted by Crippen LogP contribution is 2.48. The van der Waals surface area contributed by atoms with Gasteiger partial charge in [-0.25, -0.2) is 0 Å². The van der Waals surface area contributed by atoms with Crippen LogP contribution >= 0.6 is 0 Å². The van der Waals surface area contributed by atoms with Crippen molar-refractivity contribution in [3.63, 3.8) is 0 Å². The minimum atomic E-state index is -0.536. The Labute approximate surface area is 350 Å². The summed E-state index contributed by atoms with van der Waals surface area (Å²) in [6.07, 6.45) is 0. The van der Waals surface area contributed by atoms with Gasteiger partial charge in [-0.15, -0.1) is 75.0 Å². The number of phenolic OH excluding ortho intramolecular Hbond substituents is 6. The van der Waals surface area contributed by atoms with E-state index in [1.165, 1.54) is 0 Å². The molecule has 5 aromatic heterocycles. The Hall–Kier alpha value is -9.66. The number of fused-ring (bicyclic) bond motifs is 5. The highest BCUT2D eigenvalue weighted by molar-refractivity contribution is 5.83. The van der Waals surface area contributed by atoms with Crippen LogP contribution in [0.1, 0.15) is 0 Å². The van der Waals surface area contributed by atoms with Crippen LogP contribution in [-0.4, -0.2) is 106 Å². The van der Waals surface area contributed by atoms with E-state index in [1.54, 1.807) is 97.1 Å². The molecule has 0 saturated carbocycles. The minimum Gasteiger partial charge on any atom is -0.505 e. The van der Waals surface area contributed by atoms with Crippen molar-refractivity contribution in [2.24, 2.45) is 0 Å². The van der Waals surface area contributed by atoms with Crippen molar-refractivity contribution in [3.8, 4) is 62.9 Å². The number of hydrogen-bond donors (Lipinski definition) is 6. The van der Waals surface area contributed by atoms with Crippen LogP contribution in [0.15, 0.2) is 127 Å². The van der Waals surface area contributed by atoms with Gasteiger partial charge in [0, 0.05) is 6.07 Å². The fourth-order valence-corrected chi connectivity index (χ4v) is 7.06. The van der Waals surface area contributed by atoms with Gasteiger partial charge in [-0.2, -0.15) is 0 Å². The molecule has 0 aliphatic carbocycles. The maximum Gasteiger partial charge on any atom is 0.179 e. The molecule has 0 bridgehead atoms. The molecule has 12 rings (SSSR count). The average Bonchev–Trinajstić information content (AvgIpc) is 4.12. The zero-order chi connectivity index (χ0) is 42.9. The van der Waals surface area contributed by atoms with Crippen LogP contribution in [0.4, 0.5) is 0 Å². The second-order valence-corrected chi connectivity index (χ2v) is 13.9. The summed E-state index contributed by atoms with van der Waals surface area (Å²) >= 11 is 0. The van der Waals surface area contributed by atoms with E-state index in [0.29, 0.717) is 55.2 Å². The predicted octanol–water partition coefficient (Wildman–Crippen LogP) is 5.28. The van der Waals surface area contributed by atoms with Gasteiger partial charge in [-0.3, -0.25) is 0 Å². The highest BCUT2D eigenvalue weighted by Gasteiger charge is 2.31. The smallest absolute Gasteiger partial charge is 0.179 e. The summed E-state index contributed by atoms with van der Waals surface area (Å²) in [6, 6.07) is 36.6. The van der Waals surface area contributed by atoms with Gasteiger partial charge in [-0.1, -0.05) is 60.7 Å². The van der Waals surface area contributed by atoms with E-state index in [9.17, 15) is 30.6 Å². The van der Waals surface area contributed by atoms with Gasteiger partial charge in [0.25, 0.3) is 0 Å². The molecule has 0 amide bonds. The SMILES string of the molecule is Oc1c(-n2nc3ccccc3n2)c(O)c(-n2nc3ccccc3n2)c(O)c1-n1nc2ccccc2n1.Oc1cc(O)c(-n2nc3ccccc3n2)c(O)c1-n1nc2ccccc2n1. The normalized spacial score (nSPS) is 11.6. The standard InChI is InChI=1S/C24H15N9O3.C18H12N6O3/c34-22-19(31-25-13-7-1-2-8-14(13)26-31)23(35)21(33-29-17-11-5-6-12-18(17)30-33)24(36)20(22)32-27-15-9-3-4-10-16(15)28-32;25-14-9-15(26)17(24-21-12-7-3-4-8-13(12)22-24)18(27)16(14)23-19-10-5-1-2-6-11(10)20-23/h1-12,34-36H;1-9,25-27H. The van der Waals surface area contributed by atoms with Crippen LogP contribution in [0.3, 0.4) is 0 Å².